The molecule has 0 aliphatic heterocycles. The molecule has 0 saturated carbocycles. The highest BCUT2D eigenvalue weighted by Crippen LogP contribution is 2.11. The largest absolute Gasteiger partial charge is 0.295 e. The van der Waals surface area contributed by atoms with Crippen molar-refractivity contribution < 1.29 is 4.79 Å². The summed E-state index contributed by atoms with van der Waals surface area (Å²) in [6, 6.07) is 17.7. The minimum Gasteiger partial charge on any atom is -0.295 e. The van der Waals surface area contributed by atoms with Crippen LogP contribution in [0.25, 0.3) is 0 Å². The molecule has 0 aromatic heterocycles. The molecule has 2 nitrogen and oxygen atoms in total. The van der Waals surface area contributed by atoms with E-state index in [1.807, 2.05) is 54.4 Å². The number of halogens is 1. The third-order valence-corrected chi connectivity index (χ3v) is 3.40. The lowest BCUT2D eigenvalue weighted by Gasteiger charge is -2.15. The molecule has 0 aliphatic carbocycles. The van der Waals surface area contributed by atoms with E-state index in [-0.39, 0.29) is 5.78 Å². The molecule has 0 aliphatic rings. The Morgan fingerprint density at radius 2 is 1.68 bits per heavy atom. The zero-order valence-corrected chi connectivity index (χ0v) is 12.4. The molecule has 0 amide bonds. The Kier molecular flexibility index (Phi) is 4.88. The molecular formula is C16H16BrNO. The van der Waals surface area contributed by atoms with E-state index in [9.17, 15) is 4.79 Å². The van der Waals surface area contributed by atoms with Crippen LogP contribution in [-0.2, 0) is 6.54 Å². The van der Waals surface area contributed by atoms with E-state index in [2.05, 4.69) is 28.1 Å². The Labute approximate surface area is 122 Å². The van der Waals surface area contributed by atoms with E-state index in [4.69, 9.17) is 0 Å². The van der Waals surface area contributed by atoms with Gasteiger partial charge in [0.05, 0.1) is 6.54 Å². The van der Waals surface area contributed by atoms with E-state index in [0.29, 0.717) is 6.54 Å². The Bertz CT molecular complexity index is 536. The number of hydrogen-bond acceptors (Lipinski definition) is 2. The van der Waals surface area contributed by atoms with Crippen molar-refractivity contribution in [2.45, 2.75) is 6.54 Å². The summed E-state index contributed by atoms with van der Waals surface area (Å²) in [7, 11) is 1.96. The summed E-state index contributed by atoms with van der Waals surface area (Å²) >= 11 is 3.37. The first kappa shape index (κ1) is 14.0. The Hall–Kier alpha value is -1.45. The zero-order chi connectivity index (χ0) is 13.7. The predicted molar refractivity (Wildman–Crippen MR) is 81.2 cm³/mol. The molecular weight excluding hydrogens is 302 g/mol. The van der Waals surface area contributed by atoms with Gasteiger partial charge in [-0.05, 0) is 24.7 Å². The minimum atomic E-state index is 0.144. The van der Waals surface area contributed by atoms with Crippen molar-refractivity contribution in [2.24, 2.45) is 0 Å². The summed E-state index contributed by atoms with van der Waals surface area (Å²) < 4.78 is 0.988. The molecule has 2 rings (SSSR count). The highest BCUT2D eigenvalue weighted by molar-refractivity contribution is 9.10. The summed E-state index contributed by atoms with van der Waals surface area (Å²) in [4.78, 5) is 14.1. The summed E-state index contributed by atoms with van der Waals surface area (Å²) in [6.07, 6.45) is 0. The molecule has 0 fully saturated rings. The molecule has 0 unspecified atom stereocenters. The van der Waals surface area contributed by atoms with Crippen LogP contribution in [0.15, 0.2) is 59.1 Å². The van der Waals surface area contributed by atoms with Crippen LogP contribution in [0.5, 0.6) is 0 Å². The first-order valence-corrected chi connectivity index (χ1v) is 6.95. The summed E-state index contributed by atoms with van der Waals surface area (Å²) in [5.74, 6) is 0.144. The van der Waals surface area contributed by atoms with Crippen LogP contribution in [-0.4, -0.2) is 24.3 Å². The van der Waals surface area contributed by atoms with Crippen molar-refractivity contribution in [1.82, 2.24) is 4.90 Å². The van der Waals surface area contributed by atoms with Gasteiger partial charge in [-0.1, -0.05) is 58.4 Å². The quantitative estimate of drug-likeness (QED) is 0.782. The second kappa shape index (κ2) is 6.64. The van der Waals surface area contributed by atoms with Gasteiger partial charge < -0.3 is 0 Å². The van der Waals surface area contributed by atoms with Crippen molar-refractivity contribution in [1.29, 1.82) is 0 Å². The second-order valence-corrected chi connectivity index (χ2v) is 5.50. The standard InChI is InChI=1S/C16H16BrNO/c1-18(11-13-5-3-2-4-6-13)12-16(19)14-7-9-15(17)10-8-14/h2-10H,11-12H2,1H3. The summed E-state index contributed by atoms with van der Waals surface area (Å²) in [5, 5.41) is 0. The maximum atomic E-state index is 12.1. The smallest absolute Gasteiger partial charge is 0.176 e. The molecule has 0 spiro atoms. The van der Waals surface area contributed by atoms with Gasteiger partial charge in [-0.3, -0.25) is 9.69 Å². The maximum absolute atomic E-state index is 12.1. The SMILES string of the molecule is CN(CC(=O)c1ccc(Br)cc1)Cc1ccccc1. The van der Waals surface area contributed by atoms with Crippen LogP contribution >= 0.6 is 15.9 Å². The lowest BCUT2D eigenvalue weighted by atomic mass is 10.1. The number of hydrogen-bond donors (Lipinski definition) is 0. The Balaban J connectivity index is 1.93. The second-order valence-electron chi connectivity index (χ2n) is 4.59. The minimum absolute atomic E-state index is 0.144. The molecule has 98 valence electrons. The highest BCUT2D eigenvalue weighted by Gasteiger charge is 2.09. The molecule has 0 saturated heterocycles. The van der Waals surface area contributed by atoms with Crippen LogP contribution in [0.1, 0.15) is 15.9 Å². The van der Waals surface area contributed by atoms with E-state index in [1.165, 1.54) is 5.56 Å². The number of nitrogens with zero attached hydrogens (tertiary/aromatic N) is 1. The van der Waals surface area contributed by atoms with Gasteiger partial charge >= 0.3 is 0 Å². The van der Waals surface area contributed by atoms with Gasteiger partial charge in [-0.15, -0.1) is 0 Å². The van der Waals surface area contributed by atoms with Crippen molar-refractivity contribution in [2.75, 3.05) is 13.6 Å². The van der Waals surface area contributed by atoms with Gasteiger partial charge in [0.25, 0.3) is 0 Å². The van der Waals surface area contributed by atoms with E-state index in [1.54, 1.807) is 0 Å². The fraction of sp³-hybridized carbons (Fsp3) is 0.188. The van der Waals surface area contributed by atoms with Crippen molar-refractivity contribution in [3.8, 4) is 0 Å². The van der Waals surface area contributed by atoms with Crippen molar-refractivity contribution >= 4 is 21.7 Å². The number of likely N-dealkylation sites (N-methyl/N-ethyl adjacent to an activating group) is 1. The third kappa shape index (κ3) is 4.30. The monoisotopic (exact) mass is 317 g/mol. The Morgan fingerprint density at radius 1 is 1.05 bits per heavy atom. The lowest BCUT2D eigenvalue weighted by Crippen LogP contribution is -2.25. The van der Waals surface area contributed by atoms with Crippen LogP contribution in [0.2, 0.25) is 0 Å². The number of ketones is 1. The molecule has 2 aromatic rings. The van der Waals surface area contributed by atoms with Gasteiger partial charge in [-0.2, -0.15) is 0 Å². The number of benzene rings is 2. The van der Waals surface area contributed by atoms with Gasteiger partial charge in [0.1, 0.15) is 0 Å². The zero-order valence-electron chi connectivity index (χ0n) is 10.8. The molecule has 3 heteroatoms. The van der Waals surface area contributed by atoms with Gasteiger partial charge in [0, 0.05) is 16.6 Å². The summed E-state index contributed by atoms with van der Waals surface area (Å²) in [6.45, 7) is 1.21. The molecule has 19 heavy (non-hydrogen) atoms. The van der Waals surface area contributed by atoms with Crippen LogP contribution < -0.4 is 0 Å². The maximum Gasteiger partial charge on any atom is 0.176 e. The molecule has 0 bridgehead atoms. The first-order chi connectivity index (χ1) is 9.15. The Morgan fingerprint density at radius 3 is 2.32 bits per heavy atom. The average molecular weight is 318 g/mol. The molecule has 0 radical (unpaired) electrons. The van der Waals surface area contributed by atoms with Crippen LogP contribution in [0.4, 0.5) is 0 Å². The van der Waals surface area contributed by atoms with E-state index in [0.717, 1.165) is 16.6 Å². The highest BCUT2D eigenvalue weighted by atomic mass is 79.9. The van der Waals surface area contributed by atoms with Crippen molar-refractivity contribution in [3.63, 3.8) is 0 Å². The number of carbonyl (C=O) groups excluding carboxylic acids is 1. The molecule has 2 aromatic carbocycles. The first-order valence-electron chi connectivity index (χ1n) is 6.16. The fourth-order valence-corrected chi connectivity index (χ4v) is 2.19. The number of carbonyl (C=O) groups is 1. The van der Waals surface area contributed by atoms with Crippen LogP contribution in [0.3, 0.4) is 0 Å². The normalized spacial score (nSPS) is 10.7. The fourth-order valence-electron chi connectivity index (χ4n) is 1.92. The van der Waals surface area contributed by atoms with E-state index < -0.39 is 0 Å². The topological polar surface area (TPSA) is 20.3 Å². The van der Waals surface area contributed by atoms with Gasteiger partial charge in [-0.25, -0.2) is 0 Å². The number of Topliss-reactive ketones (excluding diaryl/α,β-unsaturated/α-hetero) is 1. The van der Waals surface area contributed by atoms with E-state index >= 15 is 0 Å². The predicted octanol–water partition coefficient (Wildman–Crippen LogP) is 3.76. The summed E-state index contributed by atoms with van der Waals surface area (Å²) in [5.41, 5.74) is 1.97. The van der Waals surface area contributed by atoms with Crippen molar-refractivity contribution in [3.05, 3.63) is 70.2 Å². The molecule has 0 atom stereocenters. The molecule has 0 heterocycles. The number of rotatable bonds is 5. The third-order valence-electron chi connectivity index (χ3n) is 2.88. The molecule has 0 N–H and O–H groups in total. The van der Waals surface area contributed by atoms with Gasteiger partial charge in [0.15, 0.2) is 5.78 Å². The average Bonchev–Trinajstić information content (AvgIpc) is 2.40. The van der Waals surface area contributed by atoms with Gasteiger partial charge in [0.2, 0.25) is 0 Å². The van der Waals surface area contributed by atoms with Crippen LogP contribution in [0, 0.1) is 0 Å². The lowest BCUT2D eigenvalue weighted by molar-refractivity contribution is 0.0943.